The fourth-order valence-corrected chi connectivity index (χ4v) is 2.97. The molecule has 1 heterocycles. The predicted molar refractivity (Wildman–Crippen MR) is 100 cm³/mol. The van der Waals surface area contributed by atoms with Gasteiger partial charge in [0.2, 0.25) is 0 Å². The Kier molecular flexibility index (Phi) is 5.31. The van der Waals surface area contributed by atoms with E-state index >= 15 is 0 Å². The quantitative estimate of drug-likeness (QED) is 0.873. The molecular formula is C20H26N4O. The topological polar surface area (TPSA) is 58.1 Å². The van der Waals surface area contributed by atoms with Crippen LogP contribution in [0.2, 0.25) is 0 Å². The molecule has 5 nitrogen and oxygen atoms in total. The van der Waals surface area contributed by atoms with Crippen LogP contribution in [-0.4, -0.2) is 33.5 Å². The highest BCUT2D eigenvalue weighted by molar-refractivity contribution is 5.89. The van der Waals surface area contributed by atoms with E-state index in [1.807, 2.05) is 42.2 Å². The van der Waals surface area contributed by atoms with Gasteiger partial charge >= 0.3 is 6.03 Å². The first-order valence-electron chi connectivity index (χ1n) is 9.00. The second-order valence-corrected chi connectivity index (χ2v) is 7.07. The van der Waals surface area contributed by atoms with Gasteiger partial charge in [0.15, 0.2) is 5.82 Å². The molecule has 1 aliphatic carbocycles. The van der Waals surface area contributed by atoms with Gasteiger partial charge in [-0.25, -0.2) is 14.8 Å². The Bertz CT molecular complexity index is 723. The van der Waals surface area contributed by atoms with Crippen LogP contribution in [0, 0.1) is 12.8 Å². The Labute approximate surface area is 149 Å². The van der Waals surface area contributed by atoms with Crippen molar-refractivity contribution in [1.82, 2.24) is 14.9 Å². The van der Waals surface area contributed by atoms with Crippen LogP contribution in [0.5, 0.6) is 0 Å². The molecule has 0 atom stereocenters. The fraction of sp³-hybridized carbons (Fsp3) is 0.450. The average molecular weight is 338 g/mol. The van der Waals surface area contributed by atoms with Crippen LogP contribution in [0.4, 0.5) is 10.5 Å². The van der Waals surface area contributed by atoms with Crippen molar-refractivity contribution < 1.29 is 4.79 Å². The van der Waals surface area contributed by atoms with Crippen LogP contribution < -0.4 is 5.32 Å². The van der Waals surface area contributed by atoms with Crippen LogP contribution in [0.15, 0.2) is 36.5 Å². The summed E-state index contributed by atoms with van der Waals surface area (Å²) in [7, 11) is 0. The van der Waals surface area contributed by atoms with E-state index < -0.39 is 0 Å². The number of anilines is 1. The highest BCUT2D eigenvalue weighted by Gasteiger charge is 2.25. The fourth-order valence-electron chi connectivity index (χ4n) is 2.97. The maximum Gasteiger partial charge on any atom is 0.322 e. The maximum atomic E-state index is 12.6. The molecule has 132 valence electrons. The van der Waals surface area contributed by atoms with Gasteiger partial charge in [0.1, 0.15) is 0 Å². The number of carbonyl (C=O) groups excluding carboxylic acids is 1. The zero-order valence-corrected chi connectivity index (χ0v) is 15.2. The number of rotatable bonds is 5. The van der Waals surface area contributed by atoms with Gasteiger partial charge in [-0.1, -0.05) is 6.42 Å². The van der Waals surface area contributed by atoms with Gasteiger partial charge < -0.3 is 10.2 Å². The second-order valence-electron chi connectivity index (χ2n) is 7.07. The number of nitrogens with zero attached hydrogens (tertiary/aromatic N) is 3. The van der Waals surface area contributed by atoms with Crippen molar-refractivity contribution in [3.05, 3.63) is 42.2 Å². The average Bonchev–Trinajstić information content (AvgIpc) is 2.54. The van der Waals surface area contributed by atoms with Crippen LogP contribution >= 0.6 is 0 Å². The summed E-state index contributed by atoms with van der Waals surface area (Å²) in [6, 6.07) is 9.73. The van der Waals surface area contributed by atoms with Crippen LogP contribution in [0.25, 0.3) is 11.4 Å². The molecule has 0 unspecified atom stereocenters. The van der Waals surface area contributed by atoms with E-state index in [9.17, 15) is 4.79 Å². The molecule has 0 aliphatic heterocycles. The van der Waals surface area contributed by atoms with Gasteiger partial charge in [-0.3, -0.25) is 0 Å². The lowest BCUT2D eigenvalue weighted by Gasteiger charge is -2.34. The molecule has 1 aromatic heterocycles. The third-order valence-electron chi connectivity index (χ3n) is 4.75. The summed E-state index contributed by atoms with van der Waals surface area (Å²) in [6.45, 7) is 6.92. The number of nitrogens with one attached hydrogen (secondary N) is 1. The molecule has 1 aliphatic rings. The normalized spacial score (nSPS) is 14.2. The van der Waals surface area contributed by atoms with E-state index in [0.717, 1.165) is 23.5 Å². The predicted octanol–water partition coefficient (Wildman–Crippen LogP) is 4.49. The Morgan fingerprint density at radius 2 is 1.96 bits per heavy atom. The van der Waals surface area contributed by atoms with Gasteiger partial charge in [-0.2, -0.15) is 0 Å². The van der Waals surface area contributed by atoms with Crippen molar-refractivity contribution in [2.45, 2.75) is 46.1 Å². The van der Waals surface area contributed by atoms with Crippen molar-refractivity contribution in [3.8, 4) is 11.4 Å². The van der Waals surface area contributed by atoms with Gasteiger partial charge in [-0.05, 0) is 69.9 Å². The minimum Gasteiger partial charge on any atom is -0.322 e. The molecule has 2 aromatic rings. The van der Waals surface area contributed by atoms with Gasteiger partial charge in [-0.15, -0.1) is 0 Å². The molecule has 5 heteroatoms. The smallest absolute Gasteiger partial charge is 0.322 e. The summed E-state index contributed by atoms with van der Waals surface area (Å²) in [5, 5.41) is 3.01. The standard InChI is InChI=1S/C20H26N4O/c1-14(2)24(13-16-5-4-6-16)20(25)23-18-9-7-17(8-10-18)19-21-12-11-15(3)22-19/h7-12,14,16H,4-6,13H2,1-3H3,(H,23,25). The van der Waals surface area contributed by atoms with E-state index in [2.05, 4.69) is 29.1 Å². The van der Waals surface area contributed by atoms with Crippen molar-refractivity contribution in [3.63, 3.8) is 0 Å². The summed E-state index contributed by atoms with van der Waals surface area (Å²) < 4.78 is 0. The second kappa shape index (κ2) is 7.64. The van der Waals surface area contributed by atoms with Crippen molar-refractivity contribution >= 4 is 11.7 Å². The van der Waals surface area contributed by atoms with E-state index in [1.165, 1.54) is 19.3 Å². The number of aryl methyl sites for hydroxylation is 1. The number of hydrogen-bond acceptors (Lipinski definition) is 3. The summed E-state index contributed by atoms with van der Waals surface area (Å²) in [5.41, 5.74) is 2.67. The number of carbonyl (C=O) groups is 1. The summed E-state index contributed by atoms with van der Waals surface area (Å²) in [6.07, 6.45) is 5.53. The van der Waals surface area contributed by atoms with Crippen LogP contribution in [0.3, 0.4) is 0 Å². The third-order valence-corrected chi connectivity index (χ3v) is 4.75. The maximum absolute atomic E-state index is 12.6. The number of urea groups is 1. The largest absolute Gasteiger partial charge is 0.322 e. The molecule has 1 N–H and O–H groups in total. The molecule has 1 saturated carbocycles. The summed E-state index contributed by atoms with van der Waals surface area (Å²) in [4.78, 5) is 23.3. The number of benzene rings is 1. The van der Waals surface area contributed by atoms with Gasteiger partial charge in [0, 0.05) is 35.7 Å². The van der Waals surface area contributed by atoms with E-state index in [1.54, 1.807) is 6.20 Å². The van der Waals surface area contributed by atoms with Crippen molar-refractivity contribution in [1.29, 1.82) is 0 Å². The highest BCUT2D eigenvalue weighted by atomic mass is 16.2. The lowest BCUT2D eigenvalue weighted by Crippen LogP contribution is -2.44. The number of amides is 2. The Hall–Kier alpha value is -2.43. The van der Waals surface area contributed by atoms with E-state index in [4.69, 9.17) is 0 Å². The molecule has 3 rings (SSSR count). The lowest BCUT2D eigenvalue weighted by atomic mass is 9.85. The minimum absolute atomic E-state index is 0.0264. The van der Waals surface area contributed by atoms with Crippen molar-refractivity contribution in [2.24, 2.45) is 5.92 Å². The molecule has 25 heavy (non-hydrogen) atoms. The number of aromatic nitrogens is 2. The molecule has 1 aromatic carbocycles. The van der Waals surface area contributed by atoms with Gasteiger partial charge in [0.25, 0.3) is 0 Å². The zero-order chi connectivity index (χ0) is 17.8. The molecule has 0 radical (unpaired) electrons. The van der Waals surface area contributed by atoms with Crippen LogP contribution in [-0.2, 0) is 0 Å². The first-order chi connectivity index (χ1) is 12.0. The third kappa shape index (κ3) is 4.35. The summed E-state index contributed by atoms with van der Waals surface area (Å²) >= 11 is 0. The summed E-state index contributed by atoms with van der Waals surface area (Å²) in [5.74, 6) is 1.36. The monoisotopic (exact) mass is 338 g/mol. The van der Waals surface area contributed by atoms with Crippen molar-refractivity contribution in [2.75, 3.05) is 11.9 Å². The molecule has 0 saturated heterocycles. The Morgan fingerprint density at radius 3 is 2.52 bits per heavy atom. The Balaban J connectivity index is 1.66. The lowest BCUT2D eigenvalue weighted by molar-refractivity contribution is 0.161. The molecule has 1 fully saturated rings. The highest BCUT2D eigenvalue weighted by Crippen LogP contribution is 2.28. The molecule has 0 spiro atoms. The molecular weight excluding hydrogens is 312 g/mol. The molecule has 2 amide bonds. The minimum atomic E-state index is -0.0264. The number of hydrogen-bond donors (Lipinski definition) is 1. The molecule has 0 bridgehead atoms. The van der Waals surface area contributed by atoms with Crippen LogP contribution in [0.1, 0.15) is 38.8 Å². The van der Waals surface area contributed by atoms with E-state index in [-0.39, 0.29) is 12.1 Å². The first-order valence-corrected chi connectivity index (χ1v) is 9.00. The first kappa shape index (κ1) is 17.4. The van der Waals surface area contributed by atoms with Gasteiger partial charge in [0.05, 0.1) is 0 Å². The SMILES string of the molecule is Cc1ccnc(-c2ccc(NC(=O)N(CC3CCC3)C(C)C)cc2)n1. The van der Waals surface area contributed by atoms with E-state index in [0.29, 0.717) is 11.7 Å². The Morgan fingerprint density at radius 1 is 1.24 bits per heavy atom. The zero-order valence-electron chi connectivity index (χ0n) is 15.2.